The van der Waals surface area contributed by atoms with E-state index in [4.69, 9.17) is 0 Å². The van der Waals surface area contributed by atoms with Gasteiger partial charge in [0.1, 0.15) is 11.6 Å². The Morgan fingerprint density at radius 1 is 0.153 bits per heavy atom. The zero-order chi connectivity index (χ0) is 117. The molecule has 0 spiro atoms. The molecule has 3 saturated heterocycles. The second-order valence-electron chi connectivity index (χ2n) is 30.4. The zero-order valence-corrected chi connectivity index (χ0v) is 69.4. The minimum Gasteiger partial charge on any atom is -0.457 e. The summed E-state index contributed by atoms with van der Waals surface area (Å²) in [6.07, 6.45) is -47.3. The highest BCUT2D eigenvalue weighted by atomic mass is 19.5. The van der Waals surface area contributed by atoms with Gasteiger partial charge in [0, 0.05) is 96.4 Å². The molecule has 88 heteroatoms. The van der Waals surface area contributed by atoms with E-state index in [0.29, 0.717) is 12.1 Å². The van der Waals surface area contributed by atoms with E-state index >= 15 is 26.3 Å². The number of hydrogen-bond donors (Lipinski definition) is 0. The maximum absolute atomic E-state index is 15.1. The highest BCUT2D eigenvalue weighted by Crippen LogP contribution is 2.66. The summed E-state index contributed by atoms with van der Waals surface area (Å²) in [6.45, 7) is -37.0. The van der Waals surface area contributed by atoms with Gasteiger partial charge in [0.2, 0.25) is 17.8 Å². The Balaban J connectivity index is 1.36. The fraction of sp³-hybridized carbons (Fsp3) is 0.774. The minimum atomic E-state index is -8.70. The van der Waals surface area contributed by atoms with Crippen molar-refractivity contribution in [2.45, 2.75) is 179 Å². The van der Waals surface area contributed by atoms with E-state index in [9.17, 15) is 263 Å². The number of halogens is 66. The third kappa shape index (κ3) is 21.6. The largest absolute Gasteiger partial charge is 0.460 e. The summed E-state index contributed by atoms with van der Waals surface area (Å²) in [5.74, 6) is -200. The van der Waals surface area contributed by atoms with Gasteiger partial charge in [0.05, 0.1) is 0 Å². The topological polar surface area (TPSA) is 204 Å². The number of alkyl halides is 66. The number of ether oxygens (including phenoxy) is 6. The highest BCUT2D eigenvalue weighted by molar-refractivity contribution is 5.65. The quantitative estimate of drug-likeness (QED) is 0.0378. The summed E-state index contributed by atoms with van der Waals surface area (Å²) >= 11 is 0. The highest BCUT2D eigenvalue weighted by Gasteiger charge is 2.95. The van der Waals surface area contributed by atoms with Crippen LogP contribution in [0.2, 0.25) is 0 Å². The molecular formula is C62H38F66N16O6. The Labute approximate surface area is 777 Å². The molecule has 4 aromatic rings. The van der Waals surface area contributed by atoms with Crippen LogP contribution in [0.15, 0.2) is 12.1 Å². The van der Waals surface area contributed by atoms with E-state index in [1.165, 1.54) is 0 Å². The smallest absolute Gasteiger partial charge is 0.457 e. The monoisotopic (exact) mass is 2360 g/mol. The fourth-order valence-electron chi connectivity index (χ4n) is 11.3. The third-order valence-electron chi connectivity index (χ3n) is 20.2. The molecule has 7 heterocycles. The lowest BCUT2D eigenvalue weighted by atomic mass is 9.94. The number of pyridine rings is 1. The van der Waals surface area contributed by atoms with Crippen LogP contribution in [-0.4, -0.2) is 347 Å². The second kappa shape index (κ2) is 38.7. The first kappa shape index (κ1) is 126. The summed E-state index contributed by atoms with van der Waals surface area (Å²) in [5, 5.41) is 0. The number of rotatable bonds is 42. The van der Waals surface area contributed by atoms with Crippen LogP contribution in [0.3, 0.4) is 0 Å². The van der Waals surface area contributed by atoms with Crippen LogP contribution in [0.25, 0.3) is 0 Å². The summed E-state index contributed by atoms with van der Waals surface area (Å²) in [4.78, 5) is 32.7. The summed E-state index contributed by atoms with van der Waals surface area (Å²) in [5.41, 5.74) is -0.621. The summed E-state index contributed by atoms with van der Waals surface area (Å²) < 4.78 is 945. The lowest BCUT2D eigenvalue weighted by Crippen LogP contribution is -2.70. The van der Waals surface area contributed by atoms with Crippen molar-refractivity contribution in [2.75, 3.05) is 148 Å². The van der Waals surface area contributed by atoms with Crippen LogP contribution in [-0.2, 0) is 0 Å². The average molecular weight is 2360 g/mol. The Hall–Kier alpha value is -10.8. The van der Waals surface area contributed by atoms with Crippen LogP contribution in [0.1, 0.15) is 0 Å². The third-order valence-corrected chi connectivity index (χ3v) is 20.2. The molecule has 3 fully saturated rings. The number of aromatic nitrogens is 10. The van der Waals surface area contributed by atoms with Crippen molar-refractivity contribution in [3.05, 3.63) is 12.1 Å². The molecule has 864 valence electrons. The lowest BCUT2D eigenvalue weighted by Gasteiger charge is -2.40. The number of anilines is 6. The first-order valence-corrected chi connectivity index (χ1v) is 37.3. The van der Waals surface area contributed by atoms with Crippen LogP contribution in [0.4, 0.5) is 325 Å². The van der Waals surface area contributed by atoms with E-state index in [2.05, 4.69) is 78.3 Å². The van der Waals surface area contributed by atoms with Crippen molar-refractivity contribution < 1.29 is 318 Å². The molecule has 0 aliphatic carbocycles. The molecule has 0 radical (unpaired) electrons. The van der Waals surface area contributed by atoms with Gasteiger partial charge in [-0.3, -0.25) is 0 Å². The predicted molar refractivity (Wildman–Crippen MR) is 345 cm³/mol. The Kier molecular flexibility index (Phi) is 32.5. The van der Waals surface area contributed by atoms with Gasteiger partial charge in [-0.1, -0.05) is 0 Å². The summed E-state index contributed by atoms with van der Waals surface area (Å²) in [7, 11) is 0. The van der Waals surface area contributed by atoms with E-state index in [1.54, 1.807) is 0 Å². The molecule has 7 rings (SSSR count). The molecule has 0 aromatic carbocycles. The van der Waals surface area contributed by atoms with Gasteiger partial charge in [-0.15, -0.1) is 15.0 Å². The van der Waals surface area contributed by atoms with Gasteiger partial charge in [0.25, 0.3) is 0 Å². The normalized spacial score (nSPS) is 17.2. The lowest BCUT2D eigenvalue weighted by molar-refractivity contribution is -0.440. The molecule has 0 N–H and O–H groups in total. The number of hydrogen-bond acceptors (Lipinski definition) is 22. The molecule has 0 atom stereocenters. The molecule has 3 aliphatic heterocycles. The van der Waals surface area contributed by atoms with Gasteiger partial charge in [-0.2, -0.15) is 320 Å². The molecule has 150 heavy (non-hydrogen) atoms. The molecule has 0 saturated carbocycles. The van der Waals surface area contributed by atoms with E-state index < -0.39 is 369 Å². The first-order valence-electron chi connectivity index (χ1n) is 37.3. The maximum atomic E-state index is 15.1. The average Bonchev–Trinajstić information content (AvgIpc) is 0.710. The Bertz CT molecular complexity index is 4810. The Morgan fingerprint density at radius 2 is 0.280 bits per heavy atom. The molecule has 22 nitrogen and oxygen atoms in total. The van der Waals surface area contributed by atoms with Crippen LogP contribution < -0.4 is 57.8 Å². The van der Waals surface area contributed by atoms with Crippen LogP contribution in [0, 0.1) is 0 Å². The number of nitrogens with zero attached hydrogens (tertiary/aromatic N) is 16. The van der Waals surface area contributed by atoms with Crippen molar-refractivity contribution in [1.29, 1.82) is 0 Å². The predicted octanol–water partition coefficient (Wildman–Crippen LogP) is 20.5. The van der Waals surface area contributed by atoms with Crippen molar-refractivity contribution in [2.24, 2.45) is 0 Å². The standard InChI is InChI=1S/C62H38F66N16O6/c63-33(64,39(75,76)45(87,88)48(93,94)54(105,106)60(120,121)122)15-145-27-130-24(131-30(136-27)148-18-36(69,70)42(81,82)51(99,100)57(111,112)113)142-7-1-139(2-8-142)21-13-22(140-3-9-143(10-4-140)25-132-28(137-31(134-25)149-19-37(71,72)43(83,84)52(101,102)58(114,115)116)146-16-34(65,66)40(77,78)46(89,90)49(95,96)55(107,108)61(123,124)125)129-23(14-21)141-5-11-144(12-6-141)26-133-29(138-32(135-26)150-20-38(73,74)44(85,86)53(103,104)59(117,118)119)147-17-35(67,68)41(79,80)47(91,92)50(97,98)56(109,110)62(126,127)128/h13-14H,1-12,15-20H2. The van der Waals surface area contributed by atoms with E-state index in [1.807, 2.05) is 0 Å². The molecule has 3 aliphatic rings. The van der Waals surface area contributed by atoms with Crippen molar-refractivity contribution >= 4 is 35.2 Å². The first-order chi connectivity index (χ1) is 66.3. The van der Waals surface area contributed by atoms with Gasteiger partial charge in [0.15, 0.2) is 39.6 Å². The Morgan fingerprint density at radius 3 is 0.433 bits per heavy atom. The van der Waals surface area contributed by atoms with Gasteiger partial charge >= 0.3 is 215 Å². The zero-order valence-electron chi connectivity index (χ0n) is 69.4. The fourth-order valence-corrected chi connectivity index (χ4v) is 11.3. The van der Waals surface area contributed by atoms with Gasteiger partial charge in [-0.25, -0.2) is 4.98 Å². The number of piperazine rings is 3. The molecular weight excluding hydrogens is 2320 g/mol. The van der Waals surface area contributed by atoms with E-state index in [-0.39, 0.29) is 14.7 Å². The van der Waals surface area contributed by atoms with Crippen LogP contribution in [0.5, 0.6) is 36.1 Å². The van der Waals surface area contributed by atoms with Crippen molar-refractivity contribution in [3.63, 3.8) is 0 Å². The minimum absolute atomic E-state index is 0.273. The van der Waals surface area contributed by atoms with Crippen molar-refractivity contribution in [1.82, 2.24) is 49.8 Å². The molecule has 4 aromatic heterocycles. The maximum Gasteiger partial charge on any atom is 0.460 e. The molecule has 0 bridgehead atoms. The van der Waals surface area contributed by atoms with E-state index in [0.717, 1.165) is 14.7 Å². The molecule has 0 amide bonds. The SMILES string of the molecule is FC(F)(F)C(F)(F)C(F)(F)C(F)(F)COc1nc(OCC(F)(F)C(F)(F)C(F)(F)C(F)(F)C(F)(F)C(F)(F)F)nc(N2CCN(c3cc(N4CCN(c5nc(OCC(F)(F)C(F)(F)C(F)(F)C(F)(F)F)nc(OCC(F)(F)C(F)(F)C(F)(F)C(F)(F)C(F)(F)C(F)(F)F)n5)CC4)nc(N4CCN(c5nc(OCC(F)(F)C(F)(F)C(F)(F)C(F)(F)F)nc(OCC(F)(F)C(F)(F)C(F)(F)C(F)(F)C(F)(F)C(F)(F)F)n5)CC4)c3)CC2)n1. The molecule has 0 unspecified atom stereocenters. The second-order valence-corrected chi connectivity index (χ2v) is 30.4. The van der Waals surface area contributed by atoms with Gasteiger partial charge < -0.3 is 57.8 Å². The van der Waals surface area contributed by atoms with Gasteiger partial charge in [-0.05, 0) is 0 Å². The van der Waals surface area contributed by atoms with Crippen LogP contribution >= 0.6 is 0 Å². The van der Waals surface area contributed by atoms with Crippen molar-refractivity contribution in [3.8, 4) is 36.1 Å². The summed E-state index contributed by atoms with van der Waals surface area (Å²) in [6, 6.07) is -13.8.